The molecule has 0 unspecified atom stereocenters. The molecule has 0 bridgehead atoms. The van der Waals surface area contributed by atoms with Crippen molar-refractivity contribution in [1.82, 2.24) is 9.55 Å². The van der Waals surface area contributed by atoms with Gasteiger partial charge >= 0.3 is 0 Å². The molecule has 0 spiro atoms. The largest absolute Gasteiger partial charge is 0.454 e. The van der Waals surface area contributed by atoms with Crippen LogP contribution in [0, 0.1) is 6.92 Å². The summed E-state index contributed by atoms with van der Waals surface area (Å²) >= 11 is 0. The molecular weight excluding hydrogens is 274 g/mol. The summed E-state index contributed by atoms with van der Waals surface area (Å²) in [6.07, 6.45) is 1.36. The third kappa shape index (κ3) is 2.86. The molecule has 108 valence electrons. The Bertz CT molecular complexity index is 754. The molecule has 21 heavy (non-hydrogen) atoms. The van der Waals surface area contributed by atoms with Crippen LogP contribution in [0.25, 0.3) is 0 Å². The highest BCUT2D eigenvalue weighted by molar-refractivity contribution is 5.90. The average molecular weight is 287 g/mol. The van der Waals surface area contributed by atoms with Crippen molar-refractivity contribution in [3.05, 3.63) is 46.6 Å². The lowest BCUT2D eigenvalue weighted by Crippen LogP contribution is -2.27. The number of anilines is 1. The average Bonchev–Trinajstić information content (AvgIpc) is 2.89. The number of carbonyl (C=O) groups excluding carboxylic acids is 1. The molecule has 1 aliphatic rings. The first kappa shape index (κ1) is 13.2. The van der Waals surface area contributed by atoms with E-state index in [1.54, 1.807) is 25.1 Å². The minimum Gasteiger partial charge on any atom is -0.454 e. The van der Waals surface area contributed by atoms with Crippen LogP contribution in [0.1, 0.15) is 5.69 Å². The molecule has 3 rings (SSSR count). The van der Waals surface area contributed by atoms with E-state index in [0.29, 0.717) is 22.9 Å². The molecule has 2 aromatic rings. The maximum Gasteiger partial charge on any atom is 0.253 e. The fraction of sp³-hybridized carbons (Fsp3) is 0.214. The Morgan fingerprint density at radius 3 is 2.95 bits per heavy atom. The van der Waals surface area contributed by atoms with Crippen molar-refractivity contribution < 1.29 is 14.3 Å². The highest BCUT2D eigenvalue weighted by Gasteiger charge is 2.14. The van der Waals surface area contributed by atoms with Gasteiger partial charge in [0.15, 0.2) is 11.5 Å². The molecule has 0 radical (unpaired) electrons. The van der Waals surface area contributed by atoms with Gasteiger partial charge in [-0.15, -0.1) is 0 Å². The Morgan fingerprint density at radius 1 is 1.33 bits per heavy atom. The van der Waals surface area contributed by atoms with Gasteiger partial charge in [-0.2, -0.15) is 0 Å². The van der Waals surface area contributed by atoms with E-state index in [0.717, 1.165) is 0 Å². The number of nitrogens with zero attached hydrogens (tertiary/aromatic N) is 2. The van der Waals surface area contributed by atoms with Gasteiger partial charge in [-0.05, 0) is 19.1 Å². The molecule has 0 fully saturated rings. The van der Waals surface area contributed by atoms with Crippen LogP contribution in [0.2, 0.25) is 0 Å². The maximum atomic E-state index is 11.9. The van der Waals surface area contributed by atoms with Crippen LogP contribution in [0.3, 0.4) is 0 Å². The Kier molecular flexibility index (Phi) is 3.31. The molecule has 7 nitrogen and oxygen atoms in total. The molecule has 0 saturated carbocycles. The van der Waals surface area contributed by atoms with E-state index in [9.17, 15) is 9.59 Å². The maximum absolute atomic E-state index is 11.9. The lowest BCUT2D eigenvalue weighted by molar-refractivity contribution is -0.116. The van der Waals surface area contributed by atoms with Crippen molar-refractivity contribution >= 4 is 11.6 Å². The van der Waals surface area contributed by atoms with Crippen molar-refractivity contribution in [2.24, 2.45) is 0 Å². The summed E-state index contributed by atoms with van der Waals surface area (Å²) < 4.78 is 11.7. The van der Waals surface area contributed by atoms with Crippen LogP contribution < -0.4 is 20.3 Å². The molecule has 1 N–H and O–H groups in total. The molecular formula is C14H13N3O4. The second-order valence-electron chi connectivity index (χ2n) is 4.61. The zero-order valence-corrected chi connectivity index (χ0v) is 11.3. The molecule has 1 aromatic heterocycles. The summed E-state index contributed by atoms with van der Waals surface area (Å²) in [7, 11) is 0. The minimum atomic E-state index is -0.318. The van der Waals surface area contributed by atoms with Gasteiger partial charge in [0.05, 0.1) is 6.33 Å². The van der Waals surface area contributed by atoms with Gasteiger partial charge in [-0.25, -0.2) is 4.98 Å². The van der Waals surface area contributed by atoms with E-state index < -0.39 is 0 Å². The lowest BCUT2D eigenvalue weighted by Gasteiger charge is -2.07. The SMILES string of the molecule is Cc1cc(=O)n(CC(=O)Nc2ccc3c(c2)OCO3)cn1. The fourth-order valence-corrected chi connectivity index (χ4v) is 1.96. The van der Waals surface area contributed by atoms with Gasteiger partial charge in [0.1, 0.15) is 6.54 Å². The quantitative estimate of drug-likeness (QED) is 0.907. The Labute approximate surface area is 120 Å². The first-order chi connectivity index (χ1) is 10.1. The van der Waals surface area contributed by atoms with E-state index >= 15 is 0 Å². The van der Waals surface area contributed by atoms with Crippen LogP contribution in [-0.2, 0) is 11.3 Å². The van der Waals surface area contributed by atoms with Crippen molar-refractivity contribution in [2.75, 3.05) is 12.1 Å². The van der Waals surface area contributed by atoms with E-state index in [2.05, 4.69) is 10.3 Å². The number of hydrogen-bond acceptors (Lipinski definition) is 5. The molecule has 0 aliphatic carbocycles. The third-order valence-electron chi connectivity index (χ3n) is 2.99. The van der Waals surface area contributed by atoms with E-state index in [1.807, 2.05) is 0 Å². The Hall–Kier alpha value is -2.83. The monoisotopic (exact) mass is 287 g/mol. The number of amides is 1. The number of rotatable bonds is 3. The summed E-state index contributed by atoms with van der Waals surface area (Å²) in [5.74, 6) is 0.913. The molecule has 7 heteroatoms. The smallest absolute Gasteiger partial charge is 0.253 e. The van der Waals surface area contributed by atoms with Crippen molar-refractivity contribution in [3.8, 4) is 11.5 Å². The molecule has 1 amide bonds. The van der Waals surface area contributed by atoms with Crippen LogP contribution in [0.5, 0.6) is 11.5 Å². The summed E-state index contributed by atoms with van der Waals surface area (Å²) in [6, 6.07) is 6.49. The molecule has 0 saturated heterocycles. The third-order valence-corrected chi connectivity index (χ3v) is 2.99. The van der Waals surface area contributed by atoms with Gasteiger partial charge in [0.2, 0.25) is 12.7 Å². The zero-order valence-electron chi connectivity index (χ0n) is 11.3. The van der Waals surface area contributed by atoms with Crippen LogP contribution >= 0.6 is 0 Å². The number of carbonyl (C=O) groups is 1. The van der Waals surface area contributed by atoms with Crippen molar-refractivity contribution in [2.45, 2.75) is 13.5 Å². The van der Waals surface area contributed by atoms with Crippen molar-refractivity contribution in [3.63, 3.8) is 0 Å². The lowest BCUT2D eigenvalue weighted by atomic mass is 10.3. The minimum absolute atomic E-state index is 0.0967. The number of ether oxygens (including phenoxy) is 2. The molecule has 2 heterocycles. The number of hydrogen-bond donors (Lipinski definition) is 1. The Balaban J connectivity index is 1.70. The first-order valence-corrected chi connectivity index (χ1v) is 6.34. The number of aromatic nitrogens is 2. The fourth-order valence-electron chi connectivity index (χ4n) is 1.96. The van der Waals surface area contributed by atoms with Crippen LogP contribution in [0.15, 0.2) is 35.4 Å². The number of fused-ring (bicyclic) bond motifs is 1. The Morgan fingerprint density at radius 2 is 2.14 bits per heavy atom. The van der Waals surface area contributed by atoms with E-state index in [4.69, 9.17) is 9.47 Å². The topological polar surface area (TPSA) is 82.5 Å². The zero-order chi connectivity index (χ0) is 14.8. The first-order valence-electron chi connectivity index (χ1n) is 6.34. The summed E-state index contributed by atoms with van der Waals surface area (Å²) in [6.45, 7) is 1.80. The van der Waals surface area contributed by atoms with Gasteiger partial charge in [0.25, 0.3) is 5.56 Å². The molecule has 1 aliphatic heterocycles. The summed E-state index contributed by atoms with van der Waals surface area (Å²) in [4.78, 5) is 27.6. The predicted molar refractivity (Wildman–Crippen MR) is 74.4 cm³/mol. The number of nitrogens with one attached hydrogen (secondary N) is 1. The van der Waals surface area contributed by atoms with E-state index in [1.165, 1.54) is 17.0 Å². The summed E-state index contributed by atoms with van der Waals surface area (Å²) in [5.41, 5.74) is 0.938. The normalized spacial score (nSPS) is 12.2. The highest BCUT2D eigenvalue weighted by Crippen LogP contribution is 2.34. The van der Waals surface area contributed by atoms with Gasteiger partial charge in [-0.1, -0.05) is 0 Å². The molecule has 1 aromatic carbocycles. The van der Waals surface area contributed by atoms with Gasteiger partial charge in [0, 0.05) is 23.5 Å². The van der Waals surface area contributed by atoms with Crippen LogP contribution in [-0.4, -0.2) is 22.3 Å². The van der Waals surface area contributed by atoms with Crippen molar-refractivity contribution in [1.29, 1.82) is 0 Å². The molecule has 0 atom stereocenters. The highest BCUT2D eigenvalue weighted by atomic mass is 16.7. The second-order valence-corrected chi connectivity index (χ2v) is 4.61. The standard InChI is InChI=1S/C14H13N3O4/c1-9-4-14(19)17(7-15-9)6-13(18)16-10-2-3-11-12(5-10)21-8-20-11/h2-5,7H,6,8H2,1H3,(H,16,18). The second kappa shape index (κ2) is 5.28. The van der Waals surface area contributed by atoms with Crippen LogP contribution in [0.4, 0.5) is 5.69 Å². The number of aryl methyl sites for hydroxylation is 1. The number of benzene rings is 1. The van der Waals surface area contributed by atoms with E-state index in [-0.39, 0.29) is 24.8 Å². The van der Waals surface area contributed by atoms with Gasteiger partial charge < -0.3 is 14.8 Å². The predicted octanol–water partition coefficient (Wildman–Crippen LogP) is 0.919. The summed E-state index contributed by atoms with van der Waals surface area (Å²) in [5, 5.41) is 2.70. The van der Waals surface area contributed by atoms with Gasteiger partial charge in [-0.3, -0.25) is 14.2 Å².